The molecule has 0 radical (unpaired) electrons. The van der Waals surface area contributed by atoms with Gasteiger partial charge in [0.2, 0.25) is 0 Å². The SMILES string of the molecule is C=C(C)[C@@H]1CC[C@@](C)(O)[C@@H](NCc2ccccc2)C1. The van der Waals surface area contributed by atoms with Crippen molar-refractivity contribution in [2.45, 2.75) is 51.3 Å². The largest absolute Gasteiger partial charge is 0.389 e. The first-order valence-electron chi connectivity index (χ1n) is 7.14. The van der Waals surface area contributed by atoms with Crippen LogP contribution in [0.3, 0.4) is 0 Å². The Hall–Kier alpha value is -1.12. The Bertz CT molecular complexity index is 424. The third-order valence-electron chi connectivity index (χ3n) is 4.36. The highest BCUT2D eigenvalue weighted by atomic mass is 16.3. The van der Waals surface area contributed by atoms with Gasteiger partial charge in [0.05, 0.1) is 5.60 Å². The lowest BCUT2D eigenvalue weighted by molar-refractivity contribution is -0.0205. The minimum atomic E-state index is -0.610. The lowest BCUT2D eigenvalue weighted by Crippen LogP contribution is -2.52. The van der Waals surface area contributed by atoms with Crippen LogP contribution >= 0.6 is 0 Å². The van der Waals surface area contributed by atoms with Gasteiger partial charge >= 0.3 is 0 Å². The monoisotopic (exact) mass is 259 g/mol. The molecule has 1 fully saturated rings. The van der Waals surface area contributed by atoms with Gasteiger partial charge in [-0.05, 0) is 44.6 Å². The van der Waals surface area contributed by atoms with Crippen molar-refractivity contribution in [1.82, 2.24) is 5.32 Å². The van der Waals surface area contributed by atoms with Gasteiger partial charge in [-0.1, -0.05) is 42.5 Å². The molecule has 19 heavy (non-hydrogen) atoms. The van der Waals surface area contributed by atoms with E-state index in [0.29, 0.717) is 5.92 Å². The summed E-state index contributed by atoms with van der Waals surface area (Å²) in [5.41, 5.74) is 1.89. The van der Waals surface area contributed by atoms with E-state index in [1.54, 1.807) is 0 Å². The molecule has 2 heteroatoms. The van der Waals surface area contributed by atoms with Gasteiger partial charge in [0.15, 0.2) is 0 Å². The molecule has 0 bridgehead atoms. The van der Waals surface area contributed by atoms with Crippen molar-refractivity contribution in [3.63, 3.8) is 0 Å². The van der Waals surface area contributed by atoms with Gasteiger partial charge in [0, 0.05) is 12.6 Å². The van der Waals surface area contributed by atoms with Crippen LogP contribution in [-0.4, -0.2) is 16.7 Å². The first kappa shape index (κ1) is 14.3. The summed E-state index contributed by atoms with van der Waals surface area (Å²) >= 11 is 0. The molecule has 104 valence electrons. The van der Waals surface area contributed by atoms with Crippen LogP contribution in [0.4, 0.5) is 0 Å². The van der Waals surface area contributed by atoms with Gasteiger partial charge in [0.1, 0.15) is 0 Å². The highest BCUT2D eigenvalue weighted by Crippen LogP contribution is 2.35. The zero-order valence-electron chi connectivity index (χ0n) is 12.0. The van der Waals surface area contributed by atoms with Crippen molar-refractivity contribution in [2.75, 3.05) is 0 Å². The maximum Gasteiger partial charge on any atom is 0.0772 e. The number of nitrogens with one attached hydrogen (secondary N) is 1. The normalized spacial score (nSPS) is 31.1. The molecular weight excluding hydrogens is 234 g/mol. The second kappa shape index (κ2) is 5.89. The molecule has 0 aromatic heterocycles. The maximum absolute atomic E-state index is 10.5. The second-order valence-electron chi connectivity index (χ2n) is 6.09. The van der Waals surface area contributed by atoms with E-state index < -0.39 is 5.60 Å². The first-order valence-corrected chi connectivity index (χ1v) is 7.14. The Morgan fingerprint density at radius 2 is 2.11 bits per heavy atom. The zero-order chi connectivity index (χ0) is 13.9. The fourth-order valence-electron chi connectivity index (χ4n) is 2.88. The van der Waals surface area contributed by atoms with Crippen LogP contribution in [-0.2, 0) is 6.54 Å². The topological polar surface area (TPSA) is 32.3 Å². The van der Waals surface area contributed by atoms with Gasteiger partial charge in [-0.3, -0.25) is 0 Å². The highest BCUT2D eigenvalue weighted by Gasteiger charge is 2.38. The molecule has 1 saturated carbocycles. The van der Waals surface area contributed by atoms with E-state index >= 15 is 0 Å². The molecule has 1 aromatic rings. The van der Waals surface area contributed by atoms with Gasteiger partial charge in [0.25, 0.3) is 0 Å². The van der Waals surface area contributed by atoms with Gasteiger partial charge < -0.3 is 10.4 Å². The third-order valence-corrected chi connectivity index (χ3v) is 4.36. The Morgan fingerprint density at radius 3 is 2.74 bits per heavy atom. The summed E-state index contributed by atoms with van der Waals surface area (Å²) in [6.45, 7) is 8.92. The Morgan fingerprint density at radius 1 is 1.42 bits per heavy atom. The molecule has 2 rings (SSSR count). The van der Waals surface area contributed by atoms with Crippen molar-refractivity contribution in [3.8, 4) is 0 Å². The van der Waals surface area contributed by atoms with E-state index in [1.807, 2.05) is 25.1 Å². The summed E-state index contributed by atoms with van der Waals surface area (Å²) in [7, 11) is 0. The lowest BCUT2D eigenvalue weighted by Gasteiger charge is -2.41. The van der Waals surface area contributed by atoms with E-state index in [1.165, 1.54) is 11.1 Å². The number of rotatable bonds is 4. The van der Waals surface area contributed by atoms with Gasteiger partial charge in [-0.15, -0.1) is 0 Å². The summed E-state index contributed by atoms with van der Waals surface area (Å²) in [5.74, 6) is 0.536. The van der Waals surface area contributed by atoms with Crippen molar-refractivity contribution in [1.29, 1.82) is 0 Å². The van der Waals surface area contributed by atoms with Crippen molar-refractivity contribution < 1.29 is 5.11 Å². The molecule has 2 N–H and O–H groups in total. The molecule has 2 nitrogen and oxygen atoms in total. The van der Waals surface area contributed by atoms with E-state index in [-0.39, 0.29) is 6.04 Å². The maximum atomic E-state index is 10.5. The van der Waals surface area contributed by atoms with E-state index in [4.69, 9.17) is 0 Å². The second-order valence-corrected chi connectivity index (χ2v) is 6.09. The highest BCUT2D eigenvalue weighted by molar-refractivity contribution is 5.15. The molecule has 0 saturated heterocycles. The fourth-order valence-corrected chi connectivity index (χ4v) is 2.88. The van der Waals surface area contributed by atoms with Crippen LogP contribution in [0.2, 0.25) is 0 Å². The van der Waals surface area contributed by atoms with Gasteiger partial charge in [-0.25, -0.2) is 0 Å². The molecule has 0 amide bonds. The molecular formula is C17H25NO. The molecule has 1 aliphatic carbocycles. The molecule has 0 unspecified atom stereocenters. The molecule has 0 heterocycles. The Kier molecular flexibility index (Phi) is 4.43. The molecule has 1 aliphatic rings. The molecule has 3 atom stereocenters. The predicted octanol–water partition coefficient (Wildman–Crippen LogP) is 3.27. The summed E-state index contributed by atoms with van der Waals surface area (Å²) in [6.07, 6.45) is 2.87. The minimum absolute atomic E-state index is 0.142. The average molecular weight is 259 g/mol. The number of allylic oxidation sites excluding steroid dienone is 1. The first-order chi connectivity index (χ1) is 8.99. The number of benzene rings is 1. The zero-order valence-corrected chi connectivity index (χ0v) is 12.0. The molecule has 1 aromatic carbocycles. The summed E-state index contributed by atoms with van der Waals surface area (Å²) in [6, 6.07) is 10.5. The Labute approximate surface area is 116 Å². The molecule has 0 spiro atoms. The minimum Gasteiger partial charge on any atom is -0.389 e. The summed E-state index contributed by atoms with van der Waals surface area (Å²) < 4.78 is 0. The van der Waals surface area contributed by atoms with E-state index in [0.717, 1.165) is 25.8 Å². The van der Waals surface area contributed by atoms with Crippen LogP contribution in [0.15, 0.2) is 42.5 Å². The van der Waals surface area contributed by atoms with Crippen molar-refractivity contribution in [2.24, 2.45) is 5.92 Å². The molecule has 0 aliphatic heterocycles. The van der Waals surface area contributed by atoms with Crippen molar-refractivity contribution >= 4 is 0 Å². The Balaban J connectivity index is 1.97. The smallest absolute Gasteiger partial charge is 0.0772 e. The quantitative estimate of drug-likeness (QED) is 0.813. The van der Waals surface area contributed by atoms with Crippen LogP contribution in [0.5, 0.6) is 0 Å². The van der Waals surface area contributed by atoms with E-state index in [9.17, 15) is 5.11 Å². The number of hydrogen-bond acceptors (Lipinski definition) is 2. The van der Waals surface area contributed by atoms with Crippen LogP contribution < -0.4 is 5.32 Å². The lowest BCUT2D eigenvalue weighted by atomic mass is 9.74. The fraction of sp³-hybridized carbons (Fsp3) is 0.529. The summed E-state index contributed by atoms with van der Waals surface area (Å²) in [5, 5.41) is 14.0. The third kappa shape index (κ3) is 3.68. The predicted molar refractivity (Wildman–Crippen MR) is 79.8 cm³/mol. The van der Waals surface area contributed by atoms with Crippen LogP contribution in [0, 0.1) is 5.92 Å². The van der Waals surface area contributed by atoms with Crippen LogP contribution in [0.25, 0.3) is 0 Å². The van der Waals surface area contributed by atoms with Crippen molar-refractivity contribution in [3.05, 3.63) is 48.0 Å². The van der Waals surface area contributed by atoms with E-state index in [2.05, 4.69) is 31.0 Å². The summed E-state index contributed by atoms with van der Waals surface area (Å²) in [4.78, 5) is 0. The number of aliphatic hydroxyl groups is 1. The number of hydrogen-bond donors (Lipinski definition) is 2. The van der Waals surface area contributed by atoms with Gasteiger partial charge in [-0.2, -0.15) is 0 Å². The van der Waals surface area contributed by atoms with Crippen LogP contribution in [0.1, 0.15) is 38.7 Å². The average Bonchev–Trinajstić information content (AvgIpc) is 2.38. The standard InChI is InChI=1S/C17H25NO/c1-13(2)15-9-10-17(3,19)16(11-15)18-12-14-7-5-4-6-8-14/h4-8,15-16,18-19H,1,9-12H2,2-3H3/t15-,16+,17-/m1/s1.